The molecule has 1 fully saturated rings. The number of hydrogen-bond donors (Lipinski definition) is 0. The van der Waals surface area contributed by atoms with Crippen molar-refractivity contribution in [3.8, 4) is 0 Å². The van der Waals surface area contributed by atoms with E-state index in [1.807, 2.05) is 13.0 Å². The van der Waals surface area contributed by atoms with Crippen LogP contribution in [-0.4, -0.2) is 36.1 Å². The maximum atomic E-state index is 11.4. The van der Waals surface area contributed by atoms with Gasteiger partial charge >= 0.3 is 5.97 Å². The van der Waals surface area contributed by atoms with Crippen molar-refractivity contribution in [3.63, 3.8) is 0 Å². The SMILES string of the molecule is COC(=O)C1CCN(c2ccnc(C)n2)C1. The second-order valence-corrected chi connectivity index (χ2v) is 3.92. The molecule has 2 rings (SSSR count). The summed E-state index contributed by atoms with van der Waals surface area (Å²) >= 11 is 0. The number of carbonyl (C=O) groups excluding carboxylic acids is 1. The summed E-state index contributed by atoms with van der Waals surface area (Å²) in [6.45, 7) is 3.39. The minimum absolute atomic E-state index is 0.0275. The van der Waals surface area contributed by atoms with Gasteiger partial charge in [-0.15, -0.1) is 0 Å². The first-order valence-electron chi connectivity index (χ1n) is 5.33. The number of anilines is 1. The van der Waals surface area contributed by atoms with Gasteiger partial charge in [0.05, 0.1) is 13.0 Å². The smallest absolute Gasteiger partial charge is 0.310 e. The fourth-order valence-electron chi connectivity index (χ4n) is 1.95. The molecule has 86 valence electrons. The molecule has 0 aliphatic carbocycles. The van der Waals surface area contributed by atoms with E-state index in [1.165, 1.54) is 7.11 Å². The van der Waals surface area contributed by atoms with E-state index >= 15 is 0 Å². The van der Waals surface area contributed by atoms with Crippen LogP contribution in [0.15, 0.2) is 12.3 Å². The number of aryl methyl sites for hydroxylation is 1. The van der Waals surface area contributed by atoms with Crippen LogP contribution in [0.5, 0.6) is 0 Å². The van der Waals surface area contributed by atoms with Crippen molar-refractivity contribution in [2.75, 3.05) is 25.1 Å². The first-order valence-corrected chi connectivity index (χ1v) is 5.33. The van der Waals surface area contributed by atoms with E-state index in [-0.39, 0.29) is 11.9 Å². The van der Waals surface area contributed by atoms with Crippen LogP contribution in [0.25, 0.3) is 0 Å². The molecule has 1 saturated heterocycles. The summed E-state index contributed by atoms with van der Waals surface area (Å²) in [4.78, 5) is 21.9. The molecule has 1 aromatic heterocycles. The van der Waals surface area contributed by atoms with Crippen LogP contribution in [0.4, 0.5) is 5.82 Å². The van der Waals surface area contributed by atoms with Gasteiger partial charge in [0, 0.05) is 19.3 Å². The highest BCUT2D eigenvalue weighted by Gasteiger charge is 2.29. The molecule has 1 aliphatic heterocycles. The van der Waals surface area contributed by atoms with E-state index in [0.717, 1.165) is 24.6 Å². The number of aromatic nitrogens is 2. The summed E-state index contributed by atoms with van der Waals surface area (Å²) in [6.07, 6.45) is 2.57. The monoisotopic (exact) mass is 221 g/mol. The Kier molecular flexibility index (Phi) is 3.03. The molecule has 2 heterocycles. The van der Waals surface area contributed by atoms with Crippen molar-refractivity contribution in [3.05, 3.63) is 18.1 Å². The summed E-state index contributed by atoms with van der Waals surface area (Å²) in [7, 11) is 1.43. The highest BCUT2D eigenvalue weighted by molar-refractivity contribution is 5.74. The van der Waals surface area contributed by atoms with Gasteiger partial charge in [-0.05, 0) is 19.4 Å². The Balaban J connectivity index is 2.06. The van der Waals surface area contributed by atoms with Crippen LogP contribution in [0.1, 0.15) is 12.2 Å². The standard InChI is InChI=1S/C11H15N3O2/c1-8-12-5-3-10(13-8)14-6-4-9(7-14)11(15)16-2/h3,5,9H,4,6-7H2,1-2H3. The lowest BCUT2D eigenvalue weighted by Crippen LogP contribution is -2.24. The number of esters is 1. The Labute approximate surface area is 94.5 Å². The van der Waals surface area contributed by atoms with Crippen molar-refractivity contribution in [1.29, 1.82) is 0 Å². The van der Waals surface area contributed by atoms with E-state index in [1.54, 1.807) is 6.20 Å². The molecule has 0 saturated carbocycles. The van der Waals surface area contributed by atoms with Gasteiger partial charge in [0.1, 0.15) is 11.6 Å². The number of methoxy groups -OCH3 is 1. The molecule has 1 aromatic rings. The lowest BCUT2D eigenvalue weighted by atomic mass is 10.1. The highest BCUT2D eigenvalue weighted by Crippen LogP contribution is 2.22. The minimum Gasteiger partial charge on any atom is -0.469 e. The molecule has 0 aromatic carbocycles. The largest absolute Gasteiger partial charge is 0.469 e. The number of rotatable bonds is 2. The fraction of sp³-hybridized carbons (Fsp3) is 0.545. The Morgan fingerprint density at radius 2 is 2.44 bits per heavy atom. The predicted octanol–water partition coefficient (Wildman–Crippen LogP) is 0.784. The van der Waals surface area contributed by atoms with E-state index in [0.29, 0.717) is 6.54 Å². The zero-order valence-electron chi connectivity index (χ0n) is 9.51. The summed E-state index contributed by atoms with van der Waals surface area (Å²) in [5.41, 5.74) is 0. The molecule has 1 aliphatic rings. The van der Waals surface area contributed by atoms with E-state index in [4.69, 9.17) is 4.74 Å². The van der Waals surface area contributed by atoms with Gasteiger partial charge in [0.15, 0.2) is 0 Å². The normalized spacial score (nSPS) is 19.9. The second-order valence-electron chi connectivity index (χ2n) is 3.92. The number of carbonyl (C=O) groups is 1. The molecule has 0 radical (unpaired) electrons. The summed E-state index contributed by atoms with van der Waals surface area (Å²) < 4.78 is 4.74. The lowest BCUT2D eigenvalue weighted by Gasteiger charge is -2.16. The van der Waals surface area contributed by atoms with E-state index < -0.39 is 0 Å². The van der Waals surface area contributed by atoms with Crippen LogP contribution in [0.3, 0.4) is 0 Å². The molecule has 0 amide bonds. The number of ether oxygens (including phenoxy) is 1. The van der Waals surface area contributed by atoms with E-state index in [2.05, 4.69) is 14.9 Å². The lowest BCUT2D eigenvalue weighted by molar-refractivity contribution is -0.144. The van der Waals surface area contributed by atoms with Gasteiger partial charge in [0.2, 0.25) is 0 Å². The Morgan fingerprint density at radius 3 is 3.12 bits per heavy atom. The van der Waals surface area contributed by atoms with Gasteiger partial charge in [-0.1, -0.05) is 0 Å². The highest BCUT2D eigenvalue weighted by atomic mass is 16.5. The summed E-state index contributed by atoms with van der Waals surface area (Å²) in [5, 5.41) is 0. The maximum absolute atomic E-state index is 11.4. The Hall–Kier alpha value is -1.65. The van der Waals surface area contributed by atoms with Crippen molar-refractivity contribution < 1.29 is 9.53 Å². The first kappa shape index (κ1) is 10.9. The summed E-state index contributed by atoms with van der Waals surface area (Å²) in [6, 6.07) is 1.87. The molecule has 1 atom stereocenters. The predicted molar refractivity (Wildman–Crippen MR) is 59.1 cm³/mol. The van der Waals surface area contributed by atoms with Crippen molar-refractivity contribution in [2.24, 2.45) is 5.92 Å². The van der Waals surface area contributed by atoms with Crippen LogP contribution in [0.2, 0.25) is 0 Å². The summed E-state index contributed by atoms with van der Waals surface area (Å²) in [5.74, 6) is 1.48. The third-order valence-electron chi connectivity index (χ3n) is 2.81. The number of nitrogens with zero attached hydrogens (tertiary/aromatic N) is 3. The quantitative estimate of drug-likeness (QED) is 0.691. The molecule has 0 N–H and O–H groups in total. The van der Waals surface area contributed by atoms with Crippen LogP contribution >= 0.6 is 0 Å². The van der Waals surface area contributed by atoms with Crippen LogP contribution in [-0.2, 0) is 9.53 Å². The van der Waals surface area contributed by atoms with Crippen molar-refractivity contribution in [1.82, 2.24) is 9.97 Å². The fourth-order valence-corrected chi connectivity index (χ4v) is 1.95. The zero-order valence-corrected chi connectivity index (χ0v) is 9.51. The Bertz CT molecular complexity index is 395. The zero-order chi connectivity index (χ0) is 11.5. The topological polar surface area (TPSA) is 55.3 Å². The average Bonchev–Trinajstić information content (AvgIpc) is 2.77. The van der Waals surface area contributed by atoms with Gasteiger partial charge in [-0.25, -0.2) is 9.97 Å². The van der Waals surface area contributed by atoms with Gasteiger partial charge in [-0.3, -0.25) is 4.79 Å². The molecular formula is C11H15N3O2. The molecule has 0 bridgehead atoms. The molecule has 1 unspecified atom stereocenters. The first-order chi connectivity index (χ1) is 7.70. The average molecular weight is 221 g/mol. The Morgan fingerprint density at radius 1 is 1.62 bits per heavy atom. The van der Waals surface area contributed by atoms with Gasteiger partial charge < -0.3 is 9.64 Å². The maximum Gasteiger partial charge on any atom is 0.310 e. The third kappa shape index (κ3) is 2.13. The van der Waals surface area contributed by atoms with Gasteiger partial charge in [0.25, 0.3) is 0 Å². The second kappa shape index (κ2) is 4.47. The molecular weight excluding hydrogens is 206 g/mol. The minimum atomic E-state index is -0.131. The third-order valence-corrected chi connectivity index (χ3v) is 2.81. The van der Waals surface area contributed by atoms with Crippen molar-refractivity contribution >= 4 is 11.8 Å². The molecule has 5 nitrogen and oxygen atoms in total. The van der Waals surface area contributed by atoms with Crippen LogP contribution in [0, 0.1) is 12.8 Å². The van der Waals surface area contributed by atoms with E-state index in [9.17, 15) is 4.79 Å². The molecule has 16 heavy (non-hydrogen) atoms. The molecule has 5 heteroatoms. The molecule has 0 spiro atoms. The van der Waals surface area contributed by atoms with Crippen LogP contribution < -0.4 is 4.90 Å². The van der Waals surface area contributed by atoms with Crippen molar-refractivity contribution in [2.45, 2.75) is 13.3 Å². The van der Waals surface area contributed by atoms with Gasteiger partial charge in [-0.2, -0.15) is 0 Å². The number of hydrogen-bond acceptors (Lipinski definition) is 5.